The molecular weight excluding hydrogens is 472 g/mol. The molecule has 8 heteroatoms. The lowest BCUT2D eigenvalue weighted by Crippen LogP contribution is -2.29. The summed E-state index contributed by atoms with van der Waals surface area (Å²) in [6, 6.07) is 16.0. The van der Waals surface area contributed by atoms with Gasteiger partial charge in [-0.2, -0.15) is 0 Å². The highest BCUT2D eigenvalue weighted by Gasteiger charge is 2.46. The average Bonchev–Trinajstić information content (AvgIpc) is 3.14. The van der Waals surface area contributed by atoms with Gasteiger partial charge < -0.3 is 19.5 Å². The molecule has 0 spiro atoms. The molecule has 1 atom stereocenters. The van der Waals surface area contributed by atoms with Gasteiger partial charge in [-0.05, 0) is 74.4 Å². The Balaban J connectivity index is 1.71. The van der Waals surface area contributed by atoms with Crippen LogP contribution in [0.2, 0.25) is 0 Å². The number of likely N-dealkylation sites (tertiary alicyclic amines) is 1. The Morgan fingerprint density at radius 3 is 2.30 bits per heavy atom. The summed E-state index contributed by atoms with van der Waals surface area (Å²) in [5, 5.41) is 11.2. The van der Waals surface area contributed by atoms with Gasteiger partial charge in [-0.3, -0.25) is 14.6 Å². The van der Waals surface area contributed by atoms with Crippen molar-refractivity contribution < 1.29 is 29.0 Å². The van der Waals surface area contributed by atoms with Crippen LogP contribution in [0.5, 0.6) is 5.75 Å². The predicted molar refractivity (Wildman–Crippen MR) is 137 cm³/mol. The van der Waals surface area contributed by atoms with E-state index in [9.17, 15) is 19.5 Å². The Labute approximate surface area is 215 Å². The van der Waals surface area contributed by atoms with Crippen LogP contribution in [0.3, 0.4) is 0 Å². The molecule has 0 aliphatic carbocycles. The number of aliphatic hydroxyl groups is 1. The normalized spacial score (nSPS) is 16.8. The number of aliphatic hydroxyl groups excluding tert-OH is 1. The zero-order chi connectivity index (χ0) is 26.5. The molecule has 190 valence electrons. The van der Waals surface area contributed by atoms with E-state index in [1.807, 2.05) is 13.8 Å². The first kappa shape index (κ1) is 25.6. The van der Waals surface area contributed by atoms with Gasteiger partial charge in [0.2, 0.25) is 0 Å². The molecule has 1 unspecified atom stereocenters. The fraction of sp³-hybridized carbons (Fsp3) is 0.241. The topological polar surface area (TPSA) is 106 Å². The average molecular weight is 501 g/mol. The number of ketones is 1. The van der Waals surface area contributed by atoms with E-state index in [2.05, 4.69) is 4.98 Å². The Hall–Kier alpha value is -4.46. The summed E-state index contributed by atoms with van der Waals surface area (Å²) in [6.07, 6.45) is 3.15. The predicted octanol–water partition coefficient (Wildman–Crippen LogP) is 4.67. The number of aromatic nitrogens is 1. The second-order valence-corrected chi connectivity index (χ2v) is 8.82. The molecular formula is C29H28N2O6. The summed E-state index contributed by atoms with van der Waals surface area (Å²) >= 11 is 0. The molecule has 1 aromatic heterocycles. The van der Waals surface area contributed by atoms with Crippen molar-refractivity contribution in [2.75, 3.05) is 6.61 Å². The number of rotatable bonds is 8. The van der Waals surface area contributed by atoms with Gasteiger partial charge in [-0.15, -0.1) is 0 Å². The standard InChI is InChI=1S/C29H28N2O6/c1-4-36-29(35)21-9-7-19(8-10-21)17-31-25(22-6-5-15-30-16-22)24(27(33)28(31)34)26(32)20-11-13-23(14-12-20)37-18(2)3/h5-16,18,25,32H,4,17H2,1-3H3/b26-24+. The minimum Gasteiger partial charge on any atom is -0.507 e. The highest BCUT2D eigenvalue weighted by atomic mass is 16.5. The van der Waals surface area contributed by atoms with Crippen LogP contribution in [0.1, 0.15) is 53.9 Å². The van der Waals surface area contributed by atoms with Crippen LogP contribution in [0.4, 0.5) is 0 Å². The van der Waals surface area contributed by atoms with Crippen LogP contribution in [-0.4, -0.2) is 45.4 Å². The minimum absolute atomic E-state index is 0.0123. The van der Waals surface area contributed by atoms with Gasteiger partial charge in [-0.1, -0.05) is 18.2 Å². The van der Waals surface area contributed by atoms with Gasteiger partial charge in [0.15, 0.2) is 0 Å². The van der Waals surface area contributed by atoms with E-state index < -0.39 is 23.7 Å². The minimum atomic E-state index is -0.843. The summed E-state index contributed by atoms with van der Waals surface area (Å²) in [7, 11) is 0. The van der Waals surface area contributed by atoms with Gasteiger partial charge in [0, 0.05) is 24.5 Å². The molecule has 1 fully saturated rings. The largest absolute Gasteiger partial charge is 0.507 e. The number of carbonyl (C=O) groups excluding carboxylic acids is 3. The maximum absolute atomic E-state index is 13.2. The fourth-order valence-electron chi connectivity index (χ4n) is 4.20. The highest BCUT2D eigenvalue weighted by molar-refractivity contribution is 6.46. The number of amides is 1. The van der Waals surface area contributed by atoms with Gasteiger partial charge in [0.05, 0.1) is 29.9 Å². The summed E-state index contributed by atoms with van der Waals surface area (Å²) in [5.74, 6) is -1.60. The van der Waals surface area contributed by atoms with Gasteiger partial charge in [0.25, 0.3) is 11.7 Å². The molecule has 3 aromatic rings. The highest BCUT2D eigenvalue weighted by Crippen LogP contribution is 2.40. The van der Waals surface area contributed by atoms with Crippen LogP contribution in [0.15, 0.2) is 78.6 Å². The van der Waals surface area contributed by atoms with Crippen molar-refractivity contribution in [1.82, 2.24) is 9.88 Å². The van der Waals surface area contributed by atoms with Gasteiger partial charge in [0.1, 0.15) is 11.5 Å². The Morgan fingerprint density at radius 1 is 1.03 bits per heavy atom. The maximum atomic E-state index is 13.2. The molecule has 4 rings (SSSR count). The monoisotopic (exact) mass is 500 g/mol. The molecule has 1 amide bonds. The third-order valence-electron chi connectivity index (χ3n) is 5.86. The quantitative estimate of drug-likeness (QED) is 0.207. The van der Waals surface area contributed by atoms with E-state index in [0.717, 1.165) is 0 Å². The van der Waals surface area contributed by atoms with Crippen molar-refractivity contribution in [1.29, 1.82) is 0 Å². The first-order valence-corrected chi connectivity index (χ1v) is 12.0. The van der Waals surface area contributed by atoms with Crippen molar-refractivity contribution in [2.24, 2.45) is 0 Å². The van der Waals surface area contributed by atoms with Crippen molar-refractivity contribution in [3.63, 3.8) is 0 Å². The van der Waals surface area contributed by atoms with Crippen LogP contribution in [-0.2, 0) is 20.9 Å². The second kappa shape index (κ2) is 11.1. The molecule has 0 saturated carbocycles. The van der Waals surface area contributed by atoms with Crippen LogP contribution in [0, 0.1) is 0 Å². The van der Waals surface area contributed by atoms with Crippen molar-refractivity contribution >= 4 is 23.4 Å². The van der Waals surface area contributed by atoms with E-state index in [-0.39, 0.29) is 30.6 Å². The van der Waals surface area contributed by atoms with Crippen LogP contribution < -0.4 is 4.74 Å². The number of esters is 1. The molecule has 1 N–H and O–H groups in total. The van der Waals surface area contributed by atoms with Gasteiger partial charge in [-0.25, -0.2) is 4.79 Å². The van der Waals surface area contributed by atoms with Crippen molar-refractivity contribution in [3.8, 4) is 5.75 Å². The zero-order valence-corrected chi connectivity index (χ0v) is 20.9. The van der Waals surface area contributed by atoms with E-state index in [4.69, 9.17) is 9.47 Å². The summed E-state index contributed by atoms with van der Waals surface area (Å²) < 4.78 is 10.7. The molecule has 0 radical (unpaired) electrons. The second-order valence-electron chi connectivity index (χ2n) is 8.82. The molecule has 2 heterocycles. The molecule has 0 bridgehead atoms. The van der Waals surface area contributed by atoms with Crippen LogP contribution >= 0.6 is 0 Å². The number of pyridine rings is 1. The summed E-state index contributed by atoms with van der Waals surface area (Å²) in [6.45, 7) is 5.91. The summed E-state index contributed by atoms with van der Waals surface area (Å²) in [4.78, 5) is 43.9. The first-order chi connectivity index (χ1) is 17.8. The number of nitrogens with zero attached hydrogens (tertiary/aromatic N) is 2. The third kappa shape index (κ3) is 5.53. The van der Waals surface area contributed by atoms with E-state index >= 15 is 0 Å². The maximum Gasteiger partial charge on any atom is 0.338 e. The smallest absolute Gasteiger partial charge is 0.338 e. The number of ether oxygens (including phenoxy) is 2. The first-order valence-electron chi connectivity index (χ1n) is 12.0. The van der Waals surface area contributed by atoms with Crippen LogP contribution in [0.25, 0.3) is 5.76 Å². The Bertz CT molecular complexity index is 1310. The molecule has 2 aromatic carbocycles. The number of hydrogen-bond acceptors (Lipinski definition) is 7. The van der Waals surface area contributed by atoms with Gasteiger partial charge >= 0.3 is 5.97 Å². The van der Waals surface area contributed by atoms with E-state index in [1.54, 1.807) is 80.0 Å². The van der Waals surface area contributed by atoms with E-state index in [1.165, 1.54) is 4.90 Å². The lowest BCUT2D eigenvalue weighted by atomic mass is 9.96. The lowest BCUT2D eigenvalue weighted by Gasteiger charge is -2.25. The molecule has 1 saturated heterocycles. The SMILES string of the molecule is CCOC(=O)c1ccc(CN2C(=O)C(=O)/C(=C(/O)c3ccc(OC(C)C)cc3)C2c2cccnc2)cc1. The third-order valence-corrected chi connectivity index (χ3v) is 5.86. The number of hydrogen-bond donors (Lipinski definition) is 1. The lowest BCUT2D eigenvalue weighted by molar-refractivity contribution is -0.140. The molecule has 1 aliphatic rings. The number of benzene rings is 2. The number of carbonyl (C=O) groups is 3. The van der Waals surface area contributed by atoms with E-state index in [0.29, 0.717) is 28.0 Å². The molecule has 8 nitrogen and oxygen atoms in total. The summed E-state index contributed by atoms with van der Waals surface area (Å²) in [5.41, 5.74) is 2.06. The van der Waals surface area contributed by atoms with Crippen molar-refractivity contribution in [3.05, 3.63) is 101 Å². The van der Waals surface area contributed by atoms with Crippen molar-refractivity contribution in [2.45, 2.75) is 39.5 Å². The zero-order valence-electron chi connectivity index (χ0n) is 20.9. The number of Topliss-reactive ketones (excluding diaryl/α,β-unsaturated/α-hetero) is 1. The molecule has 37 heavy (non-hydrogen) atoms. The Kier molecular flexibility index (Phi) is 7.67. The Morgan fingerprint density at radius 2 is 1.70 bits per heavy atom. The molecule has 1 aliphatic heterocycles. The fourth-order valence-corrected chi connectivity index (χ4v) is 4.20.